The van der Waals surface area contributed by atoms with Gasteiger partial charge in [0.2, 0.25) is 5.92 Å². The first-order chi connectivity index (χ1) is 9.05. The van der Waals surface area contributed by atoms with Crippen molar-refractivity contribution in [2.45, 2.75) is 43.9 Å². The van der Waals surface area contributed by atoms with Crippen molar-refractivity contribution in [3.63, 3.8) is 0 Å². The summed E-state index contributed by atoms with van der Waals surface area (Å²) >= 11 is 0. The van der Waals surface area contributed by atoms with E-state index in [1.54, 1.807) is 0 Å². The largest absolute Gasteiger partial charge is 0.444 e. The van der Waals surface area contributed by atoms with Crippen LogP contribution in [-0.4, -0.2) is 29.1 Å². The fraction of sp³-hybridized carbons (Fsp3) is 0.500. The molecular formula is C14H15F2NO2. The molecule has 0 aromatic heterocycles. The Labute approximate surface area is 110 Å². The highest BCUT2D eigenvalue weighted by Crippen LogP contribution is 2.40. The third-order valence-corrected chi connectivity index (χ3v) is 3.81. The van der Waals surface area contributed by atoms with Crippen LogP contribution in [0.1, 0.15) is 24.8 Å². The van der Waals surface area contributed by atoms with Gasteiger partial charge in [-0.2, -0.15) is 0 Å². The van der Waals surface area contributed by atoms with Crippen molar-refractivity contribution >= 4 is 6.09 Å². The van der Waals surface area contributed by atoms with E-state index in [-0.39, 0.29) is 25.4 Å². The van der Waals surface area contributed by atoms with Crippen LogP contribution in [0, 0.1) is 0 Å². The van der Waals surface area contributed by atoms with Crippen LogP contribution in [0.15, 0.2) is 30.3 Å². The Morgan fingerprint density at radius 3 is 2.79 bits per heavy atom. The lowest BCUT2D eigenvalue weighted by atomic mass is 9.89. The third-order valence-electron chi connectivity index (χ3n) is 3.81. The zero-order valence-electron chi connectivity index (χ0n) is 10.4. The molecule has 0 spiro atoms. The van der Waals surface area contributed by atoms with E-state index in [0.717, 1.165) is 5.56 Å². The number of fused-ring (bicyclic) bond motifs is 1. The topological polar surface area (TPSA) is 29.5 Å². The maximum Gasteiger partial charge on any atom is 0.410 e. The zero-order valence-corrected chi connectivity index (χ0v) is 10.4. The molecule has 0 N–H and O–H groups in total. The Hall–Kier alpha value is -1.65. The molecule has 2 fully saturated rings. The fourth-order valence-corrected chi connectivity index (χ4v) is 2.83. The lowest BCUT2D eigenvalue weighted by Crippen LogP contribution is -2.44. The number of hydrogen-bond acceptors (Lipinski definition) is 2. The highest BCUT2D eigenvalue weighted by Gasteiger charge is 2.51. The molecule has 0 radical (unpaired) electrons. The van der Waals surface area contributed by atoms with E-state index in [9.17, 15) is 13.6 Å². The van der Waals surface area contributed by atoms with Crippen molar-refractivity contribution in [1.82, 2.24) is 4.90 Å². The SMILES string of the molecule is O=C1O[C@H]2CCC(F)(F)C[C@@H]2N1Cc1ccccc1. The molecule has 1 heterocycles. The van der Waals surface area contributed by atoms with Crippen molar-refractivity contribution in [3.8, 4) is 0 Å². The van der Waals surface area contributed by atoms with Gasteiger partial charge in [-0.05, 0) is 12.0 Å². The lowest BCUT2D eigenvalue weighted by Gasteiger charge is -2.33. The van der Waals surface area contributed by atoms with Gasteiger partial charge in [0.25, 0.3) is 0 Å². The molecule has 1 saturated heterocycles. The maximum atomic E-state index is 13.5. The van der Waals surface area contributed by atoms with Crippen molar-refractivity contribution in [1.29, 1.82) is 0 Å². The van der Waals surface area contributed by atoms with Gasteiger partial charge in [-0.15, -0.1) is 0 Å². The summed E-state index contributed by atoms with van der Waals surface area (Å²) in [5.41, 5.74) is 0.925. The molecule has 3 nitrogen and oxygen atoms in total. The van der Waals surface area contributed by atoms with E-state index in [0.29, 0.717) is 6.54 Å². The molecule has 102 valence electrons. The van der Waals surface area contributed by atoms with Gasteiger partial charge >= 0.3 is 6.09 Å². The van der Waals surface area contributed by atoms with Gasteiger partial charge in [-0.1, -0.05) is 30.3 Å². The second-order valence-corrected chi connectivity index (χ2v) is 5.20. The van der Waals surface area contributed by atoms with Gasteiger partial charge in [0.15, 0.2) is 0 Å². The summed E-state index contributed by atoms with van der Waals surface area (Å²) in [6.45, 7) is 0.330. The van der Waals surface area contributed by atoms with Crippen molar-refractivity contribution in [2.24, 2.45) is 0 Å². The summed E-state index contributed by atoms with van der Waals surface area (Å²) in [5.74, 6) is -2.69. The molecule has 1 aliphatic heterocycles. The van der Waals surface area contributed by atoms with Gasteiger partial charge < -0.3 is 4.74 Å². The van der Waals surface area contributed by atoms with Crippen LogP contribution in [-0.2, 0) is 11.3 Å². The highest BCUT2D eigenvalue weighted by atomic mass is 19.3. The molecule has 1 aliphatic carbocycles. The number of hydrogen-bond donors (Lipinski definition) is 0. The number of rotatable bonds is 2. The molecule has 3 rings (SSSR count). The number of alkyl halides is 2. The number of amides is 1. The first-order valence-electron chi connectivity index (χ1n) is 6.44. The number of halogens is 2. The molecule has 1 amide bonds. The molecule has 5 heteroatoms. The van der Waals surface area contributed by atoms with Crippen molar-refractivity contribution < 1.29 is 18.3 Å². The minimum atomic E-state index is -2.69. The third kappa shape index (κ3) is 2.41. The zero-order chi connectivity index (χ0) is 13.5. The standard InChI is InChI=1S/C14H15F2NO2/c15-14(16)7-6-12-11(8-14)17(13(18)19-12)9-10-4-2-1-3-5-10/h1-5,11-12H,6-9H2/t11-,12-/m0/s1. The van der Waals surface area contributed by atoms with Gasteiger partial charge in [0.1, 0.15) is 6.10 Å². The van der Waals surface area contributed by atoms with Gasteiger partial charge in [0.05, 0.1) is 6.04 Å². The van der Waals surface area contributed by atoms with E-state index in [2.05, 4.69) is 0 Å². The Bertz CT molecular complexity index is 478. The van der Waals surface area contributed by atoms with Crippen LogP contribution in [0.4, 0.5) is 13.6 Å². The monoisotopic (exact) mass is 267 g/mol. The van der Waals surface area contributed by atoms with Gasteiger partial charge in [-0.3, -0.25) is 4.90 Å². The second kappa shape index (κ2) is 4.47. The van der Waals surface area contributed by atoms with Crippen molar-refractivity contribution in [3.05, 3.63) is 35.9 Å². The predicted octanol–water partition coefficient (Wildman–Crippen LogP) is 3.20. The van der Waals surface area contributed by atoms with E-state index in [4.69, 9.17) is 4.74 Å². The Morgan fingerprint density at radius 1 is 1.32 bits per heavy atom. The molecule has 1 saturated carbocycles. The average Bonchev–Trinajstić information content (AvgIpc) is 2.66. The summed E-state index contributed by atoms with van der Waals surface area (Å²) in [6.07, 6.45) is -1.10. The summed E-state index contributed by atoms with van der Waals surface area (Å²) in [4.78, 5) is 13.3. The molecule has 2 atom stereocenters. The Kier molecular flexibility index (Phi) is 2.92. The van der Waals surface area contributed by atoms with Crippen LogP contribution in [0.5, 0.6) is 0 Å². The molecule has 1 aromatic carbocycles. The van der Waals surface area contributed by atoms with Crippen LogP contribution in [0.25, 0.3) is 0 Å². The van der Waals surface area contributed by atoms with Crippen molar-refractivity contribution in [2.75, 3.05) is 0 Å². The van der Waals surface area contributed by atoms with E-state index in [1.807, 2.05) is 30.3 Å². The number of nitrogens with zero attached hydrogens (tertiary/aromatic N) is 1. The van der Waals surface area contributed by atoms with Gasteiger partial charge in [-0.25, -0.2) is 13.6 Å². The first kappa shape index (κ1) is 12.4. The number of carbonyl (C=O) groups excluding carboxylic acids is 1. The molecule has 0 bridgehead atoms. The Morgan fingerprint density at radius 2 is 2.05 bits per heavy atom. The first-order valence-corrected chi connectivity index (χ1v) is 6.44. The summed E-state index contributed by atoms with van der Waals surface area (Å²) < 4.78 is 32.2. The Balaban J connectivity index is 1.78. The number of ether oxygens (including phenoxy) is 1. The summed E-state index contributed by atoms with van der Waals surface area (Å²) in [7, 11) is 0. The van der Waals surface area contributed by atoms with E-state index in [1.165, 1.54) is 4.90 Å². The van der Waals surface area contributed by atoms with E-state index >= 15 is 0 Å². The molecule has 19 heavy (non-hydrogen) atoms. The fourth-order valence-electron chi connectivity index (χ4n) is 2.83. The molecule has 2 aliphatic rings. The normalized spacial score (nSPS) is 28.9. The highest BCUT2D eigenvalue weighted by molar-refractivity contribution is 5.70. The van der Waals surface area contributed by atoms with Crippen LogP contribution in [0.3, 0.4) is 0 Å². The summed E-state index contributed by atoms with van der Waals surface area (Å²) in [6, 6.07) is 8.86. The van der Waals surface area contributed by atoms with Gasteiger partial charge in [0, 0.05) is 19.4 Å². The molecule has 1 aromatic rings. The smallest absolute Gasteiger partial charge is 0.410 e. The lowest BCUT2D eigenvalue weighted by molar-refractivity contribution is -0.0718. The van der Waals surface area contributed by atoms with Crippen LogP contribution >= 0.6 is 0 Å². The van der Waals surface area contributed by atoms with Crippen LogP contribution in [0.2, 0.25) is 0 Å². The minimum Gasteiger partial charge on any atom is -0.444 e. The predicted molar refractivity (Wildman–Crippen MR) is 64.8 cm³/mol. The maximum absolute atomic E-state index is 13.5. The molecule has 0 unspecified atom stereocenters. The van der Waals surface area contributed by atoms with Crippen LogP contribution < -0.4 is 0 Å². The minimum absolute atomic E-state index is 0.194. The average molecular weight is 267 g/mol. The second-order valence-electron chi connectivity index (χ2n) is 5.20. The molecular weight excluding hydrogens is 252 g/mol. The van der Waals surface area contributed by atoms with E-state index < -0.39 is 18.1 Å². The number of benzene rings is 1. The quantitative estimate of drug-likeness (QED) is 0.823. The summed E-state index contributed by atoms with van der Waals surface area (Å²) in [5, 5.41) is 0. The number of carbonyl (C=O) groups is 1.